The highest BCUT2D eigenvalue weighted by Gasteiger charge is 2.39. The normalized spacial score (nSPS) is 16.1. The first-order chi connectivity index (χ1) is 14.6. The number of amides is 2. The van der Waals surface area contributed by atoms with E-state index >= 15 is 0 Å². The molecule has 6 nitrogen and oxygen atoms in total. The molecule has 1 aromatic heterocycles. The molecular weight excluding hydrogens is 378 g/mol. The number of benzene rings is 2. The van der Waals surface area contributed by atoms with E-state index in [9.17, 15) is 9.59 Å². The number of hydrogen-bond donors (Lipinski definition) is 1. The van der Waals surface area contributed by atoms with Crippen LogP contribution in [0, 0.1) is 0 Å². The fraction of sp³-hybridized carbons (Fsp3) is 0.208. The van der Waals surface area contributed by atoms with Crippen molar-refractivity contribution in [2.45, 2.75) is 25.4 Å². The lowest BCUT2D eigenvalue weighted by Crippen LogP contribution is -2.34. The van der Waals surface area contributed by atoms with E-state index in [2.05, 4.69) is 10.3 Å². The summed E-state index contributed by atoms with van der Waals surface area (Å²) in [4.78, 5) is 32.0. The number of carbonyl (C=O) groups excluding carboxylic acids is 2. The van der Waals surface area contributed by atoms with Gasteiger partial charge in [0.15, 0.2) is 0 Å². The van der Waals surface area contributed by atoms with Crippen molar-refractivity contribution in [3.8, 4) is 5.75 Å². The molecule has 152 valence electrons. The maximum Gasteiger partial charge on any atom is 0.260 e. The molecule has 30 heavy (non-hydrogen) atoms. The van der Waals surface area contributed by atoms with Crippen LogP contribution in [0.25, 0.3) is 0 Å². The number of carbonyl (C=O) groups is 2. The summed E-state index contributed by atoms with van der Waals surface area (Å²) in [6.45, 7) is 1.93. The van der Waals surface area contributed by atoms with Crippen LogP contribution >= 0.6 is 0 Å². The number of anilines is 1. The maximum absolute atomic E-state index is 13.0. The maximum atomic E-state index is 13.0. The first-order valence-electron chi connectivity index (χ1n) is 9.85. The van der Waals surface area contributed by atoms with Crippen LogP contribution in [0.3, 0.4) is 0 Å². The van der Waals surface area contributed by atoms with Gasteiger partial charge in [-0.2, -0.15) is 0 Å². The van der Waals surface area contributed by atoms with E-state index in [-0.39, 0.29) is 24.3 Å². The molecule has 2 heterocycles. The van der Waals surface area contributed by atoms with Crippen LogP contribution < -0.4 is 15.0 Å². The molecule has 0 unspecified atom stereocenters. The van der Waals surface area contributed by atoms with Gasteiger partial charge in [-0.15, -0.1) is 0 Å². The van der Waals surface area contributed by atoms with Gasteiger partial charge in [0.2, 0.25) is 5.91 Å². The van der Waals surface area contributed by atoms with Crippen LogP contribution in [-0.2, 0) is 4.79 Å². The van der Waals surface area contributed by atoms with Gasteiger partial charge in [0.05, 0.1) is 36.9 Å². The number of para-hydroxylation sites is 1. The van der Waals surface area contributed by atoms with Crippen molar-refractivity contribution in [3.05, 3.63) is 89.7 Å². The SMILES string of the molecule is COc1ccc([C@H](C)NC(=O)C[C@H]2c3ncccc3C(=O)N2c2ccccc2)cc1. The summed E-state index contributed by atoms with van der Waals surface area (Å²) < 4.78 is 5.18. The molecule has 0 saturated carbocycles. The molecule has 0 aliphatic carbocycles. The molecule has 0 spiro atoms. The zero-order valence-corrected chi connectivity index (χ0v) is 16.9. The van der Waals surface area contributed by atoms with Gasteiger partial charge in [0.1, 0.15) is 5.75 Å². The van der Waals surface area contributed by atoms with Crippen molar-refractivity contribution in [1.82, 2.24) is 10.3 Å². The number of pyridine rings is 1. The van der Waals surface area contributed by atoms with Crippen molar-refractivity contribution in [2.24, 2.45) is 0 Å². The minimum absolute atomic E-state index is 0.130. The summed E-state index contributed by atoms with van der Waals surface area (Å²) >= 11 is 0. The van der Waals surface area contributed by atoms with Gasteiger partial charge in [0, 0.05) is 11.9 Å². The van der Waals surface area contributed by atoms with Crippen molar-refractivity contribution in [2.75, 3.05) is 12.0 Å². The van der Waals surface area contributed by atoms with Gasteiger partial charge in [-0.3, -0.25) is 19.5 Å². The number of aromatic nitrogens is 1. The van der Waals surface area contributed by atoms with Gasteiger partial charge in [0.25, 0.3) is 5.91 Å². The van der Waals surface area contributed by atoms with Crippen LogP contribution in [0.1, 0.15) is 47.0 Å². The lowest BCUT2D eigenvalue weighted by molar-refractivity contribution is -0.122. The van der Waals surface area contributed by atoms with E-state index in [1.54, 1.807) is 30.3 Å². The Labute approximate surface area is 175 Å². The van der Waals surface area contributed by atoms with Crippen molar-refractivity contribution >= 4 is 17.5 Å². The molecule has 1 aliphatic rings. The van der Waals surface area contributed by atoms with E-state index in [0.717, 1.165) is 17.0 Å². The summed E-state index contributed by atoms with van der Waals surface area (Å²) in [5.41, 5.74) is 2.91. The van der Waals surface area contributed by atoms with E-state index in [1.165, 1.54) is 0 Å². The number of nitrogens with one attached hydrogen (secondary N) is 1. The van der Waals surface area contributed by atoms with Crippen LogP contribution in [0.15, 0.2) is 72.9 Å². The number of methoxy groups -OCH3 is 1. The smallest absolute Gasteiger partial charge is 0.260 e. The molecule has 2 atom stereocenters. The third-order valence-corrected chi connectivity index (χ3v) is 5.32. The van der Waals surface area contributed by atoms with Crippen molar-refractivity contribution in [3.63, 3.8) is 0 Å². The molecule has 2 amide bonds. The third kappa shape index (κ3) is 3.76. The Balaban J connectivity index is 1.54. The molecular formula is C24H23N3O3. The quantitative estimate of drug-likeness (QED) is 0.676. The van der Waals surface area contributed by atoms with Gasteiger partial charge < -0.3 is 10.1 Å². The van der Waals surface area contributed by atoms with Gasteiger partial charge in [-0.25, -0.2) is 0 Å². The average Bonchev–Trinajstić information content (AvgIpc) is 3.06. The van der Waals surface area contributed by atoms with Crippen LogP contribution in [0.4, 0.5) is 5.69 Å². The minimum atomic E-state index is -0.445. The topological polar surface area (TPSA) is 71.5 Å². The molecule has 1 N–H and O–H groups in total. The van der Waals surface area contributed by atoms with E-state index in [0.29, 0.717) is 11.3 Å². The number of nitrogens with zero attached hydrogens (tertiary/aromatic N) is 2. The molecule has 2 aromatic carbocycles. The van der Waals surface area contributed by atoms with Gasteiger partial charge >= 0.3 is 0 Å². The third-order valence-electron chi connectivity index (χ3n) is 5.32. The lowest BCUT2D eigenvalue weighted by atomic mass is 10.1. The molecule has 0 fully saturated rings. The number of fused-ring (bicyclic) bond motifs is 1. The first-order valence-corrected chi connectivity index (χ1v) is 9.85. The predicted molar refractivity (Wildman–Crippen MR) is 114 cm³/mol. The molecule has 0 saturated heterocycles. The Kier molecular flexibility index (Phi) is 5.48. The molecule has 1 aliphatic heterocycles. The Bertz CT molecular complexity index is 1050. The average molecular weight is 401 g/mol. The summed E-state index contributed by atoms with van der Waals surface area (Å²) in [7, 11) is 1.62. The summed E-state index contributed by atoms with van der Waals surface area (Å²) in [5.74, 6) is 0.490. The molecule has 4 rings (SSSR count). The monoisotopic (exact) mass is 401 g/mol. The summed E-state index contributed by atoms with van der Waals surface area (Å²) in [5, 5.41) is 3.03. The predicted octanol–water partition coefficient (Wildman–Crippen LogP) is 4.06. The minimum Gasteiger partial charge on any atom is -0.497 e. The van der Waals surface area contributed by atoms with Gasteiger partial charge in [-0.05, 0) is 48.9 Å². The molecule has 0 radical (unpaired) electrons. The number of rotatable bonds is 6. The van der Waals surface area contributed by atoms with Gasteiger partial charge in [-0.1, -0.05) is 30.3 Å². The first kappa shape index (κ1) is 19.6. The number of hydrogen-bond acceptors (Lipinski definition) is 4. The second-order valence-electron chi connectivity index (χ2n) is 7.23. The second kappa shape index (κ2) is 8.37. The Hall–Kier alpha value is -3.67. The number of ether oxygens (including phenoxy) is 1. The van der Waals surface area contributed by atoms with Crippen molar-refractivity contribution < 1.29 is 14.3 Å². The Morgan fingerprint density at radius 3 is 2.53 bits per heavy atom. The largest absolute Gasteiger partial charge is 0.497 e. The van der Waals surface area contributed by atoms with E-state index < -0.39 is 6.04 Å². The van der Waals surface area contributed by atoms with Crippen molar-refractivity contribution in [1.29, 1.82) is 0 Å². The molecule has 0 bridgehead atoms. The highest BCUT2D eigenvalue weighted by atomic mass is 16.5. The molecule has 6 heteroatoms. The Morgan fingerprint density at radius 1 is 1.10 bits per heavy atom. The highest BCUT2D eigenvalue weighted by Crippen LogP contribution is 2.38. The van der Waals surface area contributed by atoms with E-state index in [4.69, 9.17) is 4.74 Å². The zero-order chi connectivity index (χ0) is 21.1. The Morgan fingerprint density at radius 2 is 1.83 bits per heavy atom. The second-order valence-corrected chi connectivity index (χ2v) is 7.23. The van der Waals surface area contributed by atoms with Crippen LogP contribution in [0.5, 0.6) is 5.75 Å². The van der Waals surface area contributed by atoms with E-state index in [1.807, 2.05) is 61.5 Å². The standard InChI is InChI=1S/C24H23N3O3/c1-16(17-10-12-19(30-2)13-11-17)26-22(28)15-21-23-20(9-6-14-25-23)24(29)27(21)18-7-4-3-5-8-18/h3-14,16,21H,15H2,1-2H3,(H,26,28)/t16-,21-/m0/s1. The molecule has 3 aromatic rings. The highest BCUT2D eigenvalue weighted by molar-refractivity contribution is 6.11. The summed E-state index contributed by atoms with van der Waals surface area (Å²) in [6.07, 6.45) is 1.79. The lowest BCUT2D eigenvalue weighted by Gasteiger charge is -2.25. The fourth-order valence-corrected chi connectivity index (χ4v) is 3.78. The van der Waals surface area contributed by atoms with Crippen LogP contribution in [0.2, 0.25) is 0 Å². The van der Waals surface area contributed by atoms with Crippen LogP contribution in [-0.4, -0.2) is 23.9 Å². The summed E-state index contributed by atoms with van der Waals surface area (Å²) in [6, 6.07) is 19.9. The fourth-order valence-electron chi connectivity index (χ4n) is 3.78. The zero-order valence-electron chi connectivity index (χ0n) is 16.9.